The SMILES string of the molecule is CCc1nnc2n1CCN(C(=O)[C@H]1CC=CCC1)C2. The van der Waals surface area contributed by atoms with Gasteiger partial charge in [0.15, 0.2) is 5.82 Å². The number of amides is 1. The highest BCUT2D eigenvalue weighted by Gasteiger charge is 2.28. The number of aromatic nitrogens is 3. The fourth-order valence-corrected chi connectivity index (χ4v) is 2.94. The number of allylic oxidation sites excluding steroid dienone is 2. The van der Waals surface area contributed by atoms with Crippen molar-refractivity contribution in [2.24, 2.45) is 5.92 Å². The van der Waals surface area contributed by atoms with Crippen molar-refractivity contribution in [2.75, 3.05) is 6.54 Å². The summed E-state index contributed by atoms with van der Waals surface area (Å²) >= 11 is 0. The minimum Gasteiger partial charge on any atom is -0.333 e. The standard InChI is InChI=1S/C14H20N4O/c1-2-12-15-16-13-10-17(8-9-18(12)13)14(19)11-6-4-3-5-7-11/h3-4,11H,2,5-10H2,1H3/t11-/m0/s1. The first kappa shape index (κ1) is 12.4. The predicted octanol–water partition coefficient (Wildman–Crippen LogP) is 1.54. The lowest BCUT2D eigenvalue weighted by atomic mass is 9.93. The molecule has 0 aromatic carbocycles. The molecule has 0 bridgehead atoms. The zero-order valence-corrected chi connectivity index (χ0v) is 11.4. The van der Waals surface area contributed by atoms with Crippen LogP contribution in [0.1, 0.15) is 37.8 Å². The maximum absolute atomic E-state index is 12.5. The molecule has 0 saturated heterocycles. The second-order valence-electron chi connectivity index (χ2n) is 5.28. The molecule has 1 aromatic heterocycles. The smallest absolute Gasteiger partial charge is 0.226 e. The number of rotatable bonds is 2. The summed E-state index contributed by atoms with van der Waals surface area (Å²) in [5.41, 5.74) is 0. The topological polar surface area (TPSA) is 51.0 Å². The zero-order chi connectivity index (χ0) is 13.2. The number of aryl methyl sites for hydroxylation is 1. The molecule has 1 atom stereocenters. The van der Waals surface area contributed by atoms with E-state index >= 15 is 0 Å². The molecule has 2 aliphatic rings. The van der Waals surface area contributed by atoms with Gasteiger partial charge in [0.25, 0.3) is 0 Å². The van der Waals surface area contributed by atoms with Gasteiger partial charge in [-0.2, -0.15) is 0 Å². The molecule has 0 spiro atoms. The van der Waals surface area contributed by atoms with Crippen LogP contribution in [0.5, 0.6) is 0 Å². The summed E-state index contributed by atoms with van der Waals surface area (Å²) in [5.74, 6) is 2.42. The molecule has 1 aliphatic heterocycles. The van der Waals surface area contributed by atoms with Gasteiger partial charge in [0.2, 0.25) is 5.91 Å². The van der Waals surface area contributed by atoms with Crippen LogP contribution in [0.2, 0.25) is 0 Å². The first-order valence-corrected chi connectivity index (χ1v) is 7.14. The summed E-state index contributed by atoms with van der Waals surface area (Å²) in [6, 6.07) is 0. The van der Waals surface area contributed by atoms with Crippen molar-refractivity contribution in [1.29, 1.82) is 0 Å². The predicted molar refractivity (Wildman–Crippen MR) is 71.3 cm³/mol. The molecular weight excluding hydrogens is 240 g/mol. The van der Waals surface area contributed by atoms with Crippen molar-refractivity contribution >= 4 is 5.91 Å². The lowest BCUT2D eigenvalue weighted by molar-refractivity contribution is -0.137. The van der Waals surface area contributed by atoms with Crippen LogP contribution in [0.15, 0.2) is 12.2 Å². The first-order valence-electron chi connectivity index (χ1n) is 7.14. The molecule has 0 N–H and O–H groups in total. The Morgan fingerprint density at radius 1 is 1.37 bits per heavy atom. The third-order valence-electron chi connectivity index (χ3n) is 4.08. The Kier molecular flexibility index (Phi) is 3.36. The summed E-state index contributed by atoms with van der Waals surface area (Å²) in [6.07, 6.45) is 8.10. The van der Waals surface area contributed by atoms with Crippen LogP contribution in [0, 0.1) is 5.92 Å². The van der Waals surface area contributed by atoms with Crippen LogP contribution < -0.4 is 0 Å². The average molecular weight is 260 g/mol. The van der Waals surface area contributed by atoms with Crippen LogP contribution in [0.3, 0.4) is 0 Å². The fraction of sp³-hybridized carbons (Fsp3) is 0.643. The largest absolute Gasteiger partial charge is 0.333 e. The summed E-state index contributed by atoms with van der Waals surface area (Å²) < 4.78 is 2.16. The number of fused-ring (bicyclic) bond motifs is 1. The van der Waals surface area contributed by atoms with E-state index in [1.54, 1.807) is 0 Å². The molecule has 0 saturated carbocycles. The highest BCUT2D eigenvalue weighted by Crippen LogP contribution is 2.23. The van der Waals surface area contributed by atoms with Gasteiger partial charge in [-0.25, -0.2) is 0 Å². The second-order valence-corrected chi connectivity index (χ2v) is 5.28. The second kappa shape index (κ2) is 5.15. The van der Waals surface area contributed by atoms with Gasteiger partial charge in [-0.15, -0.1) is 10.2 Å². The molecule has 1 amide bonds. The van der Waals surface area contributed by atoms with E-state index < -0.39 is 0 Å². The molecule has 5 heteroatoms. The Morgan fingerprint density at radius 3 is 3.00 bits per heavy atom. The highest BCUT2D eigenvalue weighted by atomic mass is 16.2. The maximum Gasteiger partial charge on any atom is 0.226 e. The fourth-order valence-electron chi connectivity index (χ4n) is 2.94. The quantitative estimate of drug-likeness (QED) is 0.758. The van der Waals surface area contributed by atoms with Gasteiger partial charge in [0.05, 0.1) is 6.54 Å². The third kappa shape index (κ3) is 2.29. The van der Waals surface area contributed by atoms with E-state index in [0.717, 1.165) is 50.4 Å². The van der Waals surface area contributed by atoms with Crippen molar-refractivity contribution < 1.29 is 4.79 Å². The number of carbonyl (C=O) groups excluding carboxylic acids is 1. The molecular formula is C14H20N4O. The van der Waals surface area contributed by atoms with Gasteiger partial charge in [-0.05, 0) is 19.3 Å². The Morgan fingerprint density at radius 2 is 2.26 bits per heavy atom. The molecule has 5 nitrogen and oxygen atoms in total. The van der Waals surface area contributed by atoms with Crippen molar-refractivity contribution in [1.82, 2.24) is 19.7 Å². The van der Waals surface area contributed by atoms with Crippen molar-refractivity contribution in [3.05, 3.63) is 23.8 Å². The van der Waals surface area contributed by atoms with E-state index in [9.17, 15) is 4.79 Å². The summed E-state index contributed by atoms with van der Waals surface area (Å²) in [5, 5.41) is 8.40. The van der Waals surface area contributed by atoms with E-state index in [1.165, 1.54) is 0 Å². The van der Waals surface area contributed by atoms with Crippen molar-refractivity contribution in [3.63, 3.8) is 0 Å². The molecule has 0 fully saturated rings. The summed E-state index contributed by atoms with van der Waals surface area (Å²) in [4.78, 5) is 14.4. The molecule has 19 heavy (non-hydrogen) atoms. The zero-order valence-electron chi connectivity index (χ0n) is 11.4. The average Bonchev–Trinajstić information content (AvgIpc) is 2.89. The van der Waals surface area contributed by atoms with Gasteiger partial charge in [-0.3, -0.25) is 4.79 Å². The van der Waals surface area contributed by atoms with Crippen LogP contribution in [0.25, 0.3) is 0 Å². The number of carbonyl (C=O) groups is 1. The Balaban J connectivity index is 1.71. The normalized spacial score (nSPS) is 22.4. The van der Waals surface area contributed by atoms with Crippen LogP contribution in [-0.2, 0) is 24.3 Å². The lowest BCUT2D eigenvalue weighted by Gasteiger charge is -2.31. The number of hydrogen-bond donors (Lipinski definition) is 0. The van der Waals surface area contributed by atoms with Gasteiger partial charge in [0.1, 0.15) is 5.82 Å². The van der Waals surface area contributed by atoms with E-state index in [0.29, 0.717) is 6.54 Å². The lowest BCUT2D eigenvalue weighted by Crippen LogP contribution is -2.42. The monoisotopic (exact) mass is 260 g/mol. The Labute approximate surface area is 113 Å². The molecule has 0 radical (unpaired) electrons. The third-order valence-corrected chi connectivity index (χ3v) is 4.08. The van der Waals surface area contributed by atoms with Crippen molar-refractivity contribution in [2.45, 2.75) is 45.7 Å². The van der Waals surface area contributed by atoms with Crippen LogP contribution >= 0.6 is 0 Å². The van der Waals surface area contributed by atoms with Gasteiger partial charge in [-0.1, -0.05) is 19.1 Å². The van der Waals surface area contributed by atoms with Gasteiger partial charge < -0.3 is 9.47 Å². The Bertz CT molecular complexity index is 506. The highest BCUT2D eigenvalue weighted by molar-refractivity contribution is 5.79. The summed E-state index contributed by atoms with van der Waals surface area (Å²) in [7, 11) is 0. The van der Waals surface area contributed by atoms with E-state index in [1.807, 2.05) is 4.90 Å². The van der Waals surface area contributed by atoms with Crippen LogP contribution in [-0.4, -0.2) is 32.1 Å². The van der Waals surface area contributed by atoms with E-state index in [-0.39, 0.29) is 11.8 Å². The maximum atomic E-state index is 12.5. The first-order chi connectivity index (χ1) is 9.29. The van der Waals surface area contributed by atoms with E-state index in [4.69, 9.17) is 0 Å². The van der Waals surface area contributed by atoms with Gasteiger partial charge in [0, 0.05) is 25.4 Å². The minimum atomic E-state index is 0.171. The molecule has 1 aliphatic carbocycles. The Hall–Kier alpha value is -1.65. The molecule has 102 valence electrons. The number of nitrogens with zero attached hydrogens (tertiary/aromatic N) is 4. The molecule has 0 unspecified atom stereocenters. The van der Waals surface area contributed by atoms with Crippen LogP contribution in [0.4, 0.5) is 0 Å². The molecule has 1 aromatic rings. The van der Waals surface area contributed by atoms with Crippen molar-refractivity contribution in [3.8, 4) is 0 Å². The molecule has 3 rings (SSSR count). The van der Waals surface area contributed by atoms with Gasteiger partial charge >= 0.3 is 0 Å². The number of hydrogen-bond acceptors (Lipinski definition) is 3. The minimum absolute atomic E-state index is 0.171. The summed E-state index contributed by atoms with van der Waals surface area (Å²) in [6.45, 7) is 4.33. The molecule has 2 heterocycles. The van der Waals surface area contributed by atoms with E-state index in [2.05, 4.69) is 33.8 Å².